The van der Waals surface area contributed by atoms with Crippen LogP contribution in [0.15, 0.2) is 42.5 Å². The van der Waals surface area contributed by atoms with Crippen LogP contribution in [0.5, 0.6) is 5.75 Å². The predicted octanol–water partition coefficient (Wildman–Crippen LogP) is 3.40. The quantitative estimate of drug-likeness (QED) is 0.759. The summed E-state index contributed by atoms with van der Waals surface area (Å²) in [5.74, 6) is 0.0936. The van der Waals surface area contributed by atoms with Crippen molar-refractivity contribution in [2.75, 3.05) is 19.7 Å². The fourth-order valence-electron chi connectivity index (χ4n) is 2.46. The second-order valence-electron chi connectivity index (χ2n) is 5.64. The first-order valence-corrected chi connectivity index (χ1v) is 7.64. The van der Waals surface area contributed by atoms with E-state index in [0.717, 1.165) is 22.9 Å². The minimum Gasteiger partial charge on any atom is -0.493 e. The molecule has 118 valence electrons. The summed E-state index contributed by atoms with van der Waals surface area (Å²) >= 11 is 0. The molecule has 0 heterocycles. The topological polar surface area (TPSA) is 49.8 Å². The average Bonchev–Trinajstić information content (AvgIpc) is 2.50. The number of fused-ring (bicyclic) bond motifs is 1. The van der Waals surface area contributed by atoms with E-state index in [4.69, 9.17) is 9.84 Å². The van der Waals surface area contributed by atoms with E-state index in [1.54, 1.807) is 0 Å². The van der Waals surface area contributed by atoms with Crippen LogP contribution in [0.2, 0.25) is 0 Å². The Labute approximate surface area is 131 Å². The van der Waals surface area contributed by atoms with Gasteiger partial charge >= 0.3 is 5.97 Å². The molecule has 0 aliphatic heterocycles. The second kappa shape index (κ2) is 7.80. The third kappa shape index (κ3) is 4.46. The number of hydrogen-bond donors (Lipinski definition) is 1. The van der Waals surface area contributed by atoms with Crippen LogP contribution in [0.1, 0.15) is 20.3 Å². The van der Waals surface area contributed by atoms with Crippen LogP contribution in [0.25, 0.3) is 10.8 Å². The van der Waals surface area contributed by atoms with E-state index >= 15 is 0 Å². The van der Waals surface area contributed by atoms with Gasteiger partial charge in [-0.25, -0.2) is 0 Å². The van der Waals surface area contributed by atoms with Crippen LogP contribution in [0.4, 0.5) is 0 Å². The third-order valence-electron chi connectivity index (χ3n) is 3.67. The molecule has 0 unspecified atom stereocenters. The predicted molar refractivity (Wildman–Crippen MR) is 88.4 cm³/mol. The summed E-state index contributed by atoms with van der Waals surface area (Å²) in [6.45, 7) is 5.39. The second-order valence-corrected chi connectivity index (χ2v) is 5.64. The molecule has 0 amide bonds. The van der Waals surface area contributed by atoms with E-state index < -0.39 is 5.97 Å². The van der Waals surface area contributed by atoms with Gasteiger partial charge < -0.3 is 9.84 Å². The number of carboxylic acids is 1. The zero-order valence-electron chi connectivity index (χ0n) is 13.2. The van der Waals surface area contributed by atoms with Crippen LogP contribution in [0.3, 0.4) is 0 Å². The number of hydrogen-bond acceptors (Lipinski definition) is 3. The van der Waals surface area contributed by atoms with Crippen molar-refractivity contribution in [2.45, 2.75) is 26.3 Å². The fraction of sp³-hybridized carbons (Fsp3) is 0.389. The SMILES string of the molecule is CC(C)N(CCCOc1cccc2ccccc12)CC(=O)O. The number of benzene rings is 2. The van der Waals surface area contributed by atoms with E-state index in [9.17, 15) is 4.79 Å². The third-order valence-corrected chi connectivity index (χ3v) is 3.67. The molecule has 0 radical (unpaired) electrons. The number of aliphatic carboxylic acids is 1. The first-order valence-electron chi connectivity index (χ1n) is 7.64. The first-order chi connectivity index (χ1) is 10.6. The van der Waals surface area contributed by atoms with Gasteiger partial charge in [0.05, 0.1) is 13.2 Å². The molecule has 1 N–H and O–H groups in total. The van der Waals surface area contributed by atoms with E-state index in [2.05, 4.69) is 18.2 Å². The summed E-state index contributed by atoms with van der Waals surface area (Å²) in [7, 11) is 0. The largest absolute Gasteiger partial charge is 0.493 e. The zero-order valence-corrected chi connectivity index (χ0v) is 13.2. The summed E-state index contributed by atoms with van der Waals surface area (Å²) in [4.78, 5) is 12.8. The smallest absolute Gasteiger partial charge is 0.317 e. The van der Waals surface area contributed by atoms with E-state index in [0.29, 0.717) is 13.2 Å². The lowest BCUT2D eigenvalue weighted by Crippen LogP contribution is -2.36. The Morgan fingerprint density at radius 1 is 1.18 bits per heavy atom. The van der Waals surface area contributed by atoms with Crippen molar-refractivity contribution in [1.29, 1.82) is 0 Å². The molecule has 4 nitrogen and oxygen atoms in total. The van der Waals surface area contributed by atoms with Crippen molar-refractivity contribution in [2.24, 2.45) is 0 Å². The van der Waals surface area contributed by atoms with Crippen molar-refractivity contribution in [1.82, 2.24) is 4.90 Å². The Balaban J connectivity index is 1.88. The standard InChI is InChI=1S/C18H23NO3/c1-14(2)19(13-18(20)21)11-6-12-22-17-10-5-8-15-7-3-4-9-16(15)17/h3-5,7-10,14H,6,11-13H2,1-2H3,(H,20,21). The average molecular weight is 301 g/mol. The van der Waals surface area contributed by atoms with Gasteiger partial charge in [0.25, 0.3) is 0 Å². The highest BCUT2D eigenvalue weighted by atomic mass is 16.5. The Hall–Kier alpha value is -2.07. The molecule has 0 aliphatic rings. The molecule has 0 saturated carbocycles. The Bertz CT molecular complexity index is 619. The fourth-order valence-corrected chi connectivity index (χ4v) is 2.46. The number of carbonyl (C=O) groups is 1. The monoisotopic (exact) mass is 301 g/mol. The molecule has 4 heteroatoms. The van der Waals surface area contributed by atoms with E-state index in [1.165, 1.54) is 0 Å². The van der Waals surface area contributed by atoms with Crippen LogP contribution >= 0.6 is 0 Å². The first kappa shape index (κ1) is 16.3. The molecular weight excluding hydrogens is 278 g/mol. The van der Waals surface area contributed by atoms with Gasteiger partial charge in [-0.2, -0.15) is 0 Å². The maximum Gasteiger partial charge on any atom is 0.317 e. The lowest BCUT2D eigenvalue weighted by atomic mass is 10.1. The highest BCUT2D eigenvalue weighted by Crippen LogP contribution is 2.25. The van der Waals surface area contributed by atoms with Crippen molar-refractivity contribution in [3.05, 3.63) is 42.5 Å². The Morgan fingerprint density at radius 2 is 1.91 bits per heavy atom. The molecule has 2 aromatic rings. The van der Waals surface area contributed by atoms with Gasteiger partial charge in [0.1, 0.15) is 5.75 Å². The molecule has 0 aliphatic carbocycles. The van der Waals surface area contributed by atoms with Gasteiger partial charge in [-0.05, 0) is 31.7 Å². The number of nitrogens with zero attached hydrogens (tertiary/aromatic N) is 1. The molecule has 2 aromatic carbocycles. The summed E-state index contributed by atoms with van der Waals surface area (Å²) < 4.78 is 5.88. The molecule has 22 heavy (non-hydrogen) atoms. The molecule has 0 bridgehead atoms. The Morgan fingerprint density at radius 3 is 2.64 bits per heavy atom. The minimum absolute atomic E-state index is 0.0753. The van der Waals surface area contributed by atoms with Gasteiger partial charge in [-0.1, -0.05) is 36.4 Å². The van der Waals surface area contributed by atoms with Gasteiger partial charge in [0.15, 0.2) is 0 Å². The van der Waals surface area contributed by atoms with E-state index in [-0.39, 0.29) is 12.6 Å². The van der Waals surface area contributed by atoms with Crippen LogP contribution < -0.4 is 4.74 Å². The lowest BCUT2D eigenvalue weighted by Gasteiger charge is -2.24. The zero-order chi connectivity index (χ0) is 15.9. The van der Waals surface area contributed by atoms with Gasteiger partial charge in [0, 0.05) is 18.0 Å². The van der Waals surface area contributed by atoms with Gasteiger partial charge in [-0.3, -0.25) is 9.69 Å². The summed E-state index contributed by atoms with van der Waals surface area (Å²) in [6, 6.07) is 14.4. The summed E-state index contributed by atoms with van der Waals surface area (Å²) in [6.07, 6.45) is 0.800. The van der Waals surface area contributed by atoms with Crippen molar-refractivity contribution in [3.8, 4) is 5.75 Å². The molecule has 0 aromatic heterocycles. The highest BCUT2D eigenvalue weighted by Gasteiger charge is 2.12. The number of ether oxygens (including phenoxy) is 1. The number of rotatable bonds is 8. The summed E-state index contributed by atoms with van der Waals surface area (Å²) in [5, 5.41) is 11.2. The van der Waals surface area contributed by atoms with Crippen molar-refractivity contribution in [3.63, 3.8) is 0 Å². The van der Waals surface area contributed by atoms with Crippen LogP contribution in [-0.4, -0.2) is 41.7 Å². The van der Waals surface area contributed by atoms with Crippen LogP contribution in [0, 0.1) is 0 Å². The van der Waals surface area contributed by atoms with Crippen LogP contribution in [-0.2, 0) is 4.79 Å². The van der Waals surface area contributed by atoms with Crippen molar-refractivity contribution < 1.29 is 14.6 Å². The van der Waals surface area contributed by atoms with Gasteiger partial charge in [0.2, 0.25) is 0 Å². The molecular formula is C18H23NO3. The number of carboxylic acid groups (broad SMARTS) is 1. The Kier molecular flexibility index (Phi) is 5.78. The molecule has 0 fully saturated rings. The van der Waals surface area contributed by atoms with Crippen molar-refractivity contribution >= 4 is 16.7 Å². The highest BCUT2D eigenvalue weighted by molar-refractivity contribution is 5.88. The molecule has 0 atom stereocenters. The maximum atomic E-state index is 10.8. The minimum atomic E-state index is -0.788. The molecule has 0 saturated heterocycles. The normalized spacial score (nSPS) is 11.3. The maximum absolute atomic E-state index is 10.8. The molecule has 2 rings (SSSR count). The van der Waals surface area contributed by atoms with E-state index in [1.807, 2.05) is 43.0 Å². The van der Waals surface area contributed by atoms with Gasteiger partial charge in [-0.15, -0.1) is 0 Å². The summed E-state index contributed by atoms with van der Waals surface area (Å²) in [5.41, 5.74) is 0. The molecule has 0 spiro atoms. The lowest BCUT2D eigenvalue weighted by molar-refractivity contribution is -0.138.